The summed E-state index contributed by atoms with van der Waals surface area (Å²) in [4.78, 5) is 35.7. The maximum Gasteiger partial charge on any atom is 0.357 e. The van der Waals surface area contributed by atoms with Crippen LogP contribution in [0.2, 0.25) is 0 Å². The van der Waals surface area contributed by atoms with Crippen LogP contribution in [0.5, 0.6) is 11.5 Å². The number of nitrogens with zero attached hydrogens (tertiary/aromatic N) is 8. The topological polar surface area (TPSA) is 132 Å². The first-order valence-electron chi connectivity index (χ1n) is 19.2. The number of fused-ring (bicyclic) bond motifs is 2. The number of ether oxygens (including phenoxy) is 2. The number of carbonyl (C=O) groups is 2. The smallest absolute Gasteiger partial charge is 0.357 e. The number of amides is 2. The molecule has 2 aliphatic rings. The minimum absolute atomic E-state index is 0.109. The molecule has 1 aliphatic heterocycles. The molecule has 15 heteroatoms. The van der Waals surface area contributed by atoms with E-state index in [-0.39, 0.29) is 24.1 Å². The molecule has 56 heavy (non-hydrogen) atoms. The first-order chi connectivity index (χ1) is 26.9. The van der Waals surface area contributed by atoms with E-state index in [0.717, 1.165) is 47.2 Å². The van der Waals surface area contributed by atoms with E-state index in [1.165, 1.54) is 23.2 Å². The maximum absolute atomic E-state index is 15.0. The summed E-state index contributed by atoms with van der Waals surface area (Å²) in [6, 6.07) is 16.8. The Hall–Kier alpha value is -5.70. The van der Waals surface area contributed by atoms with Crippen molar-refractivity contribution in [1.29, 1.82) is 0 Å². The van der Waals surface area contributed by atoms with Gasteiger partial charge in [-0.05, 0) is 82.4 Å². The first kappa shape index (κ1) is 38.6. The van der Waals surface area contributed by atoms with Gasteiger partial charge in [0.05, 0.1) is 23.6 Å². The highest BCUT2D eigenvalue weighted by molar-refractivity contribution is 5.90. The number of carbonyl (C=O) groups excluding carboxylic acids is 2. The Morgan fingerprint density at radius 2 is 1.80 bits per heavy atom. The van der Waals surface area contributed by atoms with E-state index in [9.17, 15) is 9.59 Å². The third-order valence-corrected chi connectivity index (χ3v) is 10.3. The number of likely N-dealkylation sites (N-methyl/N-ethyl adjacent to an activating group) is 1. The molecule has 1 fully saturated rings. The first-order valence-corrected chi connectivity index (χ1v) is 19.2. The van der Waals surface area contributed by atoms with Crippen LogP contribution in [0.4, 0.5) is 21.0 Å². The lowest BCUT2D eigenvalue weighted by atomic mass is 9.85. The Morgan fingerprint density at radius 3 is 2.55 bits per heavy atom. The molecule has 4 heterocycles. The van der Waals surface area contributed by atoms with Gasteiger partial charge in [0.25, 0.3) is 0 Å². The number of hydrogen-bond donors (Lipinski definition) is 1. The van der Waals surface area contributed by atoms with Gasteiger partial charge in [0.1, 0.15) is 30.0 Å². The van der Waals surface area contributed by atoms with Gasteiger partial charge >= 0.3 is 12.5 Å². The Morgan fingerprint density at radius 1 is 1.00 bits per heavy atom. The van der Waals surface area contributed by atoms with Gasteiger partial charge in [-0.2, -0.15) is 5.10 Å². The molecular weight excluding hydrogens is 718 g/mol. The van der Waals surface area contributed by atoms with Crippen molar-refractivity contribution in [2.45, 2.75) is 83.4 Å². The van der Waals surface area contributed by atoms with Crippen molar-refractivity contribution >= 4 is 29.9 Å². The second kappa shape index (κ2) is 16.2. The van der Waals surface area contributed by atoms with Crippen LogP contribution in [0.1, 0.15) is 88.8 Å². The van der Waals surface area contributed by atoms with Crippen molar-refractivity contribution in [1.82, 2.24) is 34.6 Å². The van der Waals surface area contributed by atoms with E-state index in [2.05, 4.69) is 27.3 Å². The highest BCUT2D eigenvalue weighted by Crippen LogP contribution is 2.40. The molecule has 7 rings (SSSR count). The molecule has 2 amide bonds. The fourth-order valence-electron chi connectivity index (χ4n) is 7.34. The number of rotatable bonds is 12. The van der Waals surface area contributed by atoms with Crippen molar-refractivity contribution in [3.63, 3.8) is 0 Å². The predicted octanol–water partition coefficient (Wildman–Crippen LogP) is 6.93. The molecular formula is C41H50FN9O5. The van der Waals surface area contributed by atoms with Crippen molar-refractivity contribution in [2.75, 3.05) is 43.8 Å². The molecule has 1 N–H and O–H groups in total. The Bertz CT molecular complexity index is 2180. The van der Waals surface area contributed by atoms with Crippen LogP contribution in [-0.2, 0) is 15.0 Å². The monoisotopic (exact) mass is 767 g/mol. The van der Waals surface area contributed by atoms with Gasteiger partial charge in [-0.25, -0.2) is 13.9 Å². The quantitative estimate of drug-likeness (QED) is 0.105. The number of hydrogen-bond acceptors (Lipinski definition) is 10. The van der Waals surface area contributed by atoms with Crippen LogP contribution >= 0.6 is 0 Å². The number of pyridine rings is 1. The van der Waals surface area contributed by atoms with Crippen LogP contribution in [-0.4, -0.2) is 81.6 Å². The van der Waals surface area contributed by atoms with Gasteiger partial charge in [0, 0.05) is 42.7 Å². The second-order valence-electron chi connectivity index (χ2n) is 15.8. The third-order valence-electron chi connectivity index (χ3n) is 10.3. The standard InChI is InChI=1S/C41H50FN9O5/c1-27-11-9-10-18-48(27)39-45-44-37-17-14-30(25-49(37)39)56-35-16-15-34(32-12-7-8-13-33(32)35)43-40(53)51(55-26-52)38-24-36(41(2,3)4)46-50(38)29-21-28(42)22-31(23-29)54-20-19-47(5)6/h7-8,12-14,17,21-27,34-35H,9-11,15-16,18-20H2,1-6H3,(H,43,53)/t27-,34-,35+/m0/s1. The number of aromatic nitrogens is 5. The van der Waals surface area contributed by atoms with Crippen molar-refractivity contribution in [2.24, 2.45) is 0 Å². The number of nitrogens with one attached hydrogen (secondary N) is 1. The average Bonchev–Trinajstić information content (AvgIpc) is 3.80. The van der Waals surface area contributed by atoms with Crippen LogP contribution < -0.4 is 24.8 Å². The largest absolute Gasteiger partial charge is 0.492 e. The van der Waals surface area contributed by atoms with E-state index in [1.807, 2.05) is 86.8 Å². The maximum atomic E-state index is 15.0. The van der Waals surface area contributed by atoms with Gasteiger partial charge in [-0.15, -0.1) is 15.3 Å². The van der Waals surface area contributed by atoms with Gasteiger partial charge in [-0.1, -0.05) is 45.0 Å². The highest BCUT2D eigenvalue weighted by Gasteiger charge is 2.34. The Balaban J connectivity index is 1.14. The average molecular weight is 768 g/mol. The fraction of sp³-hybridized carbons (Fsp3) is 0.439. The number of benzene rings is 2. The second-order valence-corrected chi connectivity index (χ2v) is 15.8. The summed E-state index contributed by atoms with van der Waals surface area (Å²) in [6.45, 7) is 10.2. The van der Waals surface area contributed by atoms with E-state index < -0.39 is 23.3 Å². The molecule has 0 radical (unpaired) electrons. The Labute approximate surface area is 326 Å². The minimum atomic E-state index is -0.700. The summed E-state index contributed by atoms with van der Waals surface area (Å²) in [5.74, 6) is 1.35. The predicted molar refractivity (Wildman–Crippen MR) is 210 cm³/mol. The van der Waals surface area contributed by atoms with E-state index >= 15 is 4.39 Å². The summed E-state index contributed by atoms with van der Waals surface area (Å²) >= 11 is 0. The summed E-state index contributed by atoms with van der Waals surface area (Å²) in [5.41, 5.74) is 2.97. The zero-order chi connectivity index (χ0) is 39.6. The minimum Gasteiger partial charge on any atom is -0.492 e. The molecule has 1 saturated heterocycles. The summed E-state index contributed by atoms with van der Waals surface area (Å²) in [7, 11) is 3.84. The molecule has 14 nitrogen and oxygen atoms in total. The lowest BCUT2D eigenvalue weighted by molar-refractivity contribution is -0.129. The summed E-state index contributed by atoms with van der Waals surface area (Å²) in [5, 5.41) is 17.6. The number of anilines is 2. The molecule has 3 aromatic heterocycles. The molecule has 3 atom stereocenters. The van der Waals surface area contributed by atoms with Gasteiger partial charge in [-0.3, -0.25) is 9.20 Å². The number of piperidine rings is 1. The normalized spacial score (nSPS) is 18.4. The van der Waals surface area contributed by atoms with Crippen LogP contribution in [0, 0.1) is 5.82 Å². The zero-order valence-corrected chi connectivity index (χ0v) is 32.8. The van der Waals surface area contributed by atoms with E-state index in [4.69, 9.17) is 19.4 Å². The van der Waals surface area contributed by atoms with Crippen molar-refractivity contribution in [3.8, 4) is 17.2 Å². The van der Waals surface area contributed by atoms with Gasteiger partial charge in [0.15, 0.2) is 11.5 Å². The fourth-order valence-corrected chi connectivity index (χ4v) is 7.34. The zero-order valence-electron chi connectivity index (χ0n) is 32.8. The molecule has 0 spiro atoms. The molecule has 0 saturated carbocycles. The number of halogens is 1. The van der Waals surface area contributed by atoms with E-state index in [0.29, 0.717) is 49.2 Å². The number of hydroxylamine groups is 1. The van der Waals surface area contributed by atoms with Crippen LogP contribution in [0.15, 0.2) is 66.9 Å². The highest BCUT2D eigenvalue weighted by atomic mass is 19.1. The summed E-state index contributed by atoms with van der Waals surface area (Å²) < 4.78 is 30.9. The Kier molecular flexibility index (Phi) is 11.1. The molecule has 5 aromatic rings. The summed E-state index contributed by atoms with van der Waals surface area (Å²) in [6.07, 6.45) is 6.24. The molecule has 0 bridgehead atoms. The van der Waals surface area contributed by atoms with Crippen molar-refractivity contribution in [3.05, 3.63) is 89.5 Å². The SMILES string of the molecule is C[C@H]1CCCCN1c1nnc2ccc(O[C@@H]3CC[C@H](NC(=O)N(OC=O)c4cc(C(C)(C)C)nn4-c4cc(F)cc(OCCN(C)C)c4)c4ccccc43)cn12. The van der Waals surface area contributed by atoms with Gasteiger partial charge in [0.2, 0.25) is 5.95 Å². The van der Waals surface area contributed by atoms with Crippen LogP contribution in [0.3, 0.4) is 0 Å². The molecule has 1 aliphatic carbocycles. The lowest BCUT2D eigenvalue weighted by Gasteiger charge is -2.34. The van der Waals surface area contributed by atoms with Crippen LogP contribution in [0.25, 0.3) is 11.3 Å². The van der Waals surface area contributed by atoms with Gasteiger partial charge < -0.3 is 29.4 Å². The van der Waals surface area contributed by atoms with Crippen molar-refractivity contribution < 1.29 is 28.3 Å². The number of urea groups is 1. The molecule has 296 valence electrons. The van der Waals surface area contributed by atoms with E-state index in [1.54, 1.807) is 12.1 Å². The lowest BCUT2D eigenvalue weighted by Crippen LogP contribution is -2.43. The molecule has 2 aromatic carbocycles. The molecule has 0 unspecified atom stereocenters. The third kappa shape index (κ3) is 8.27.